The van der Waals surface area contributed by atoms with Gasteiger partial charge in [0.15, 0.2) is 0 Å². The highest BCUT2D eigenvalue weighted by Gasteiger charge is 2.30. The van der Waals surface area contributed by atoms with Crippen molar-refractivity contribution >= 4 is 97.0 Å². The topological polar surface area (TPSA) is 0 Å². The molecule has 0 heteroatoms. The third kappa shape index (κ3) is 6.27. The van der Waals surface area contributed by atoms with Gasteiger partial charge in [-0.1, -0.05) is 210 Å². The van der Waals surface area contributed by atoms with Crippen molar-refractivity contribution in [2.24, 2.45) is 0 Å². The van der Waals surface area contributed by atoms with Crippen molar-refractivity contribution in [3.63, 3.8) is 0 Å². The Morgan fingerprint density at radius 2 is 0.671 bits per heavy atom. The molecule has 0 aromatic heterocycles. The van der Waals surface area contributed by atoms with Crippen LogP contribution in [-0.4, -0.2) is 0 Å². The van der Waals surface area contributed by atoms with E-state index in [0.717, 1.165) is 0 Å². The lowest BCUT2D eigenvalue weighted by molar-refractivity contribution is 0.568. The largest absolute Gasteiger partial charge is 0.0622 e. The lowest BCUT2D eigenvalue weighted by Gasteiger charge is -2.28. The highest BCUT2D eigenvalue weighted by atomic mass is 14.3. The summed E-state index contributed by atoms with van der Waals surface area (Å²) in [4.78, 5) is 0. The van der Waals surface area contributed by atoms with Gasteiger partial charge in [-0.3, -0.25) is 0 Å². The normalized spacial score (nSPS) is 13.4. The van der Waals surface area contributed by atoms with Crippen LogP contribution in [0.25, 0.3) is 130 Å². The first-order valence-electron chi connectivity index (χ1n) is 25.6. The van der Waals surface area contributed by atoms with Crippen LogP contribution in [0.15, 0.2) is 158 Å². The number of hydrogen-bond acceptors (Lipinski definition) is 0. The predicted octanol–water partition coefficient (Wildman–Crippen LogP) is 20.6. The lowest BCUT2D eigenvalue weighted by Crippen LogP contribution is -2.16. The fourth-order valence-corrected chi connectivity index (χ4v) is 12.3. The van der Waals surface area contributed by atoms with Crippen molar-refractivity contribution in [1.82, 2.24) is 0 Å². The molecule has 0 aliphatic rings. The molecule has 13 aromatic carbocycles. The summed E-state index contributed by atoms with van der Waals surface area (Å²) < 4.78 is 0. The van der Waals surface area contributed by atoms with Gasteiger partial charge in [0.05, 0.1) is 0 Å². The van der Waals surface area contributed by atoms with Crippen LogP contribution >= 0.6 is 0 Å². The van der Waals surface area contributed by atoms with Gasteiger partial charge in [-0.05, 0) is 205 Å². The first-order chi connectivity index (χ1) is 33.2. The van der Waals surface area contributed by atoms with Gasteiger partial charge < -0.3 is 0 Å². The molecule has 70 heavy (non-hydrogen) atoms. The van der Waals surface area contributed by atoms with E-state index in [2.05, 4.69) is 241 Å². The van der Waals surface area contributed by atoms with E-state index < -0.39 is 0 Å². The maximum atomic E-state index is 2.63. The molecular weight excluding hydrogens is 841 g/mol. The molecule has 0 nitrogen and oxygen atoms in total. The summed E-state index contributed by atoms with van der Waals surface area (Å²) in [5.41, 5.74) is 13.0. The van der Waals surface area contributed by atoms with E-state index in [4.69, 9.17) is 0 Å². The molecule has 0 aliphatic carbocycles. The Bertz CT molecular complexity index is 4210. The van der Waals surface area contributed by atoms with Crippen LogP contribution in [0.4, 0.5) is 0 Å². The summed E-state index contributed by atoms with van der Waals surface area (Å²) in [5.74, 6) is 0. The molecule has 13 rings (SSSR count). The first kappa shape index (κ1) is 43.0. The zero-order chi connectivity index (χ0) is 48.6. The Hall–Kier alpha value is -7.02. The van der Waals surface area contributed by atoms with E-state index in [0.29, 0.717) is 0 Å². The highest BCUT2D eigenvalue weighted by molar-refractivity contribution is 6.44. The third-order valence-corrected chi connectivity index (χ3v) is 16.2. The molecule has 0 bridgehead atoms. The molecule has 0 radical (unpaired) electrons. The van der Waals surface area contributed by atoms with Crippen molar-refractivity contribution in [3.8, 4) is 33.4 Å². The number of hydrogen-bond donors (Lipinski definition) is 0. The SMILES string of the molecule is CC(C)(C)c1cc(-c2c3cc4c(cc3c(-c3cc(C(C)(C)C)cc(C(C)(C)C)c3)c3c5cccc6cccc(c23)c65)c2cc3cc(-c5ccccc5)cc5ccc6ccc4c2c6c53)cc(C(C)(C)C)c1. The van der Waals surface area contributed by atoms with Gasteiger partial charge in [-0.2, -0.15) is 0 Å². The van der Waals surface area contributed by atoms with Crippen molar-refractivity contribution in [2.75, 3.05) is 0 Å². The molecular formula is C70H62. The minimum absolute atomic E-state index is 0.0500. The van der Waals surface area contributed by atoms with Gasteiger partial charge >= 0.3 is 0 Å². The lowest BCUT2D eigenvalue weighted by atomic mass is 9.76. The fourth-order valence-electron chi connectivity index (χ4n) is 12.3. The maximum Gasteiger partial charge on any atom is -0.000741 e. The Morgan fingerprint density at radius 3 is 1.19 bits per heavy atom. The average Bonchev–Trinajstić information content (AvgIpc) is 3.81. The monoisotopic (exact) mass is 902 g/mol. The first-order valence-corrected chi connectivity index (χ1v) is 25.6. The standard InChI is InChI=1S/C70H62/c1-67(2,3)47-30-45(31-48(35-47)68(4,5)6)61-57-37-54-51-27-26-41-24-25-42-28-43(39-18-14-13-15-19-39)29-44-34-56(64(51)63(41)59(42)44)55(54)38-58(57)62(46-32-49(69(7,8)9)36-50(33-46)70(10,11)12)66-53-23-17-21-40-20-16-22-52(60(40)53)65(61)66/h13-38H,1-12H3. The molecule has 13 aromatic rings. The zero-order valence-corrected chi connectivity index (χ0v) is 43.0. The fraction of sp³-hybridized carbons (Fsp3) is 0.229. The van der Waals surface area contributed by atoms with Gasteiger partial charge in [-0.25, -0.2) is 0 Å². The van der Waals surface area contributed by atoms with Gasteiger partial charge in [0.2, 0.25) is 0 Å². The minimum Gasteiger partial charge on any atom is -0.0622 e. The summed E-state index contributed by atoms with van der Waals surface area (Å²) in [5, 5.41) is 24.0. The van der Waals surface area contributed by atoms with Gasteiger partial charge in [0.1, 0.15) is 0 Å². The Morgan fingerprint density at radius 1 is 0.214 bits per heavy atom. The summed E-state index contributed by atoms with van der Waals surface area (Å²) in [6.07, 6.45) is 0. The molecule has 0 saturated heterocycles. The summed E-state index contributed by atoms with van der Waals surface area (Å²) >= 11 is 0. The second kappa shape index (κ2) is 14.3. The van der Waals surface area contributed by atoms with Crippen molar-refractivity contribution < 1.29 is 0 Å². The summed E-state index contributed by atoms with van der Waals surface area (Å²) in [6.45, 7) is 28.5. The third-order valence-electron chi connectivity index (χ3n) is 16.2. The molecule has 0 fully saturated rings. The van der Waals surface area contributed by atoms with E-state index in [1.54, 1.807) is 0 Å². The average molecular weight is 903 g/mol. The second-order valence-electron chi connectivity index (χ2n) is 25.0. The number of rotatable bonds is 3. The van der Waals surface area contributed by atoms with E-state index in [1.165, 1.54) is 153 Å². The predicted molar refractivity (Wildman–Crippen MR) is 309 cm³/mol. The van der Waals surface area contributed by atoms with E-state index in [1.807, 2.05) is 0 Å². The molecule has 0 unspecified atom stereocenters. The van der Waals surface area contributed by atoms with Crippen LogP contribution in [0.3, 0.4) is 0 Å². The molecule has 342 valence electrons. The van der Waals surface area contributed by atoms with Crippen LogP contribution in [0.5, 0.6) is 0 Å². The van der Waals surface area contributed by atoms with Crippen LogP contribution in [0.1, 0.15) is 105 Å². The molecule has 0 saturated carbocycles. The number of fused-ring (bicyclic) bond motifs is 7. The molecule has 0 spiro atoms. The smallest absolute Gasteiger partial charge is 0.000741 e. The van der Waals surface area contributed by atoms with Crippen LogP contribution in [0.2, 0.25) is 0 Å². The second-order valence-corrected chi connectivity index (χ2v) is 25.0. The van der Waals surface area contributed by atoms with Crippen LogP contribution in [0, 0.1) is 0 Å². The summed E-state index contributed by atoms with van der Waals surface area (Å²) in [7, 11) is 0. The van der Waals surface area contributed by atoms with Crippen molar-refractivity contribution in [3.05, 3.63) is 180 Å². The van der Waals surface area contributed by atoms with E-state index in [9.17, 15) is 0 Å². The van der Waals surface area contributed by atoms with Gasteiger partial charge in [0, 0.05) is 0 Å². The quantitative estimate of drug-likeness (QED) is 0.155. The van der Waals surface area contributed by atoms with Gasteiger partial charge in [-0.15, -0.1) is 0 Å². The van der Waals surface area contributed by atoms with E-state index >= 15 is 0 Å². The van der Waals surface area contributed by atoms with Crippen LogP contribution in [-0.2, 0) is 21.7 Å². The maximum absolute atomic E-state index is 2.63. The minimum atomic E-state index is -0.0527. The Kier molecular flexibility index (Phi) is 8.79. The number of benzene rings is 11. The van der Waals surface area contributed by atoms with Crippen LogP contribution < -0.4 is 0 Å². The molecule has 0 heterocycles. The highest BCUT2D eigenvalue weighted by Crippen LogP contribution is 2.55. The molecule has 0 amide bonds. The molecule has 0 N–H and O–H groups in total. The molecule has 0 atom stereocenters. The van der Waals surface area contributed by atoms with Crippen molar-refractivity contribution in [1.29, 1.82) is 0 Å². The van der Waals surface area contributed by atoms with Crippen molar-refractivity contribution in [2.45, 2.75) is 105 Å². The summed E-state index contributed by atoms with van der Waals surface area (Å²) in [6, 6.07) is 62.1. The molecule has 0 aliphatic heterocycles. The Labute approximate surface area is 413 Å². The van der Waals surface area contributed by atoms with Gasteiger partial charge in [0.25, 0.3) is 0 Å². The zero-order valence-electron chi connectivity index (χ0n) is 43.0. The Balaban J connectivity index is 1.29. The van der Waals surface area contributed by atoms with E-state index in [-0.39, 0.29) is 21.7 Å².